The minimum atomic E-state index is -0.573. The molecule has 2 aromatic rings. The van der Waals surface area contributed by atoms with Gasteiger partial charge in [-0.3, -0.25) is 14.3 Å². The molecule has 1 saturated heterocycles. The second kappa shape index (κ2) is 8.71. The van der Waals surface area contributed by atoms with Crippen LogP contribution in [0.3, 0.4) is 0 Å². The zero-order valence-corrected chi connectivity index (χ0v) is 17.9. The van der Waals surface area contributed by atoms with Gasteiger partial charge in [-0.2, -0.15) is 5.01 Å². The van der Waals surface area contributed by atoms with Crippen molar-refractivity contribution in [1.29, 1.82) is 0 Å². The van der Waals surface area contributed by atoms with Crippen LogP contribution in [0.5, 0.6) is 11.5 Å². The summed E-state index contributed by atoms with van der Waals surface area (Å²) < 4.78 is 13.3. The maximum Gasteiger partial charge on any atom is 0.285 e. The standard InChI is InChI=1S/C20H21N3O4S2/c1-4-26-16-9-14(7-8-15(16)27-11-18(21)24)10-17-19(25)23(20(28)29-17)22-12(2)5-6-13(22)3/h5-10H,4,11H2,1-3H3,(H2,21,24)/b17-10-. The molecule has 0 radical (unpaired) electrons. The quantitative estimate of drug-likeness (QED) is 0.536. The molecule has 0 atom stereocenters. The molecule has 2 amide bonds. The predicted molar refractivity (Wildman–Crippen MR) is 118 cm³/mol. The number of primary amides is 1. The summed E-state index contributed by atoms with van der Waals surface area (Å²) in [7, 11) is 0. The Morgan fingerprint density at radius 1 is 1.17 bits per heavy atom. The number of ether oxygens (including phenoxy) is 2. The summed E-state index contributed by atoms with van der Waals surface area (Å²) in [6.07, 6.45) is 1.76. The van der Waals surface area contributed by atoms with Crippen molar-refractivity contribution >= 4 is 46.2 Å². The molecule has 0 saturated carbocycles. The second-order valence-corrected chi connectivity index (χ2v) is 7.99. The summed E-state index contributed by atoms with van der Waals surface area (Å²) >= 11 is 6.69. The molecule has 152 valence electrons. The van der Waals surface area contributed by atoms with Crippen molar-refractivity contribution in [2.45, 2.75) is 20.8 Å². The van der Waals surface area contributed by atoms with Crippen LogP contribution in [0, 0.1) is 13.8 Å². The number of aryl methyl sites for hydroxylation is 2. The Hall–Kier alpha value is -2.78. The van der Waals surface area contributed by atoms with Gasteiger partial charge in [0, 0.05) is 11.4 Å². The van der Waals surface area contributed by atoms with Crippen molar-refractivity contribution in [1.82, 2.24) is 4.68 Å². The lowest BCUT2D eigenvalue weighted by molar-refractivity contribution is -0.120. The highest BCUT2D eigenvalue weighted by atomic mass is 32.2. The van der Waals surface area contributed by atoms with Gasteiger partial charge in [-0.1, -0.05) is 17.8 Å². The molecule has 29 heavy (non-hydrogen) atoms. The van der Waals surface area contributed by atoms with Gasteiger partial charge in [-0.05, 0) is 68.9 Å². The Labute approximate surface area is 178 Å². The van der Waals surface area contributed by atoms with E-state index in [-0.39, 0.29) is 12.5 Å². The molecule has 1 aromatic heterocycles. The molecule has 0 spiro atoms. The van der Waals surface area contributed by atoms with Gasteiger partial charge in [0.15, 0.2) is 22.4 Å². The predicted octanol–water partition coefficient (Wildman–Crippen LogP) is 2.91. The first-order chi connectivity index (χ1) is 13.8. The first kappa shape index (κ1) is 20.9. The van der Waals surface area contributed by atoms with E-state index in [4.69, 9.17) is 27.4 Å². The summed E-state index contributed by atoms with van der Waals surface area (Å²) in [4.78, 5) is 24.5. The number of nitrogens with two attached hydrogens (primary N) is 1. The number of rotatable bonds is 7. The maximum absolute atomic E-state index is 13.0. The molecule has 1 aromatic carbocycles. The number of benzene rings is 1. The van der Waals surface area contributed by atoms with Gasteiger partial charge in [-0.15, -0.1) is 0 Å². The van der Waals surface area contributed by atoms with Crippen LogP contribution in [0.25, 0.3) is 6.08 Å². The summed E-state index contributed by atoms with van der Waals surface area (Å²) in [5, 5.41) is 1.50. The third kappa shape index (κ3) is 4.46. The topological polar surface area (TPSA) is 86.8 Å². The van der Waals surface area contributed by atoms with Gasteiger partial charge in [0.25, 0.3) is 11.8 Å². The van der Waals surface area contributed by atoms with Crippen LogP contribution in [0.1, 0.15) is 23.9 Å². The zero-order chi connectivity index (χ0) is 21.1. The average Bonchev–Trinajstić information content (AvgIpc) is 3.12. The fourth-order valence-corrected chi connectivity index (χ4v) is 4.15. The van der Waals surface area contributed by atoms with Crippen molar-refractivity contribution in [2.75, 3.05) is 18.2 Å². The molecule has 2 heterocycles. The van der Waals surface area contributed by atoms with Gasteiger partial charge in [0.1, 0.15) is 0 Å². The molecule has 0 bridgehead atoms. The molecule has 9 heteroatoms. The summed E-state index contributed by atoms with van der Waals surface area (Å²) in [5.41, 5.74) is 7.73. The third-order valence-electron chi connectivity index (χ3n) is 4.14. The fraction of sp³-hybridized carbons (Fsp3) is 0.250. The van der Waals surface area contributed by atoms with Crippen LogP contribution in [-0.2, 0) is 9.59 Å². The first-order valence-electron chi connectivity index (χ1n) is 8.93. The Bertz CT molecular complexity index is 994. The molecule has 1 fully saturated rings. The minimum absolute atomic E-state index is 0.186. The van der Waals surface area contributed by atoms with Crippen LogP contribution < -0.4 is 20.2 Å². The van der Waals surface area contributed by atoms with E-state index in [1.165, 1.54) is 16.8 Å². The average molecular weight is 432 g/mol. The number of carbonyl (C=O) groups is 2. The summed E-state index contributed by atoms with van der Waals surface area (Å²) in [6.45, 7) is 5.87. The SMILES string of the molecule is CCOc1cc(/C=C2\SC(=S)N(n3c(C)ccc3C)C2=O)ccc1OCC(N)=O. The van der Waals surface area contributed by atoms with E-state index >= 15 is 0 Å². The third-order valence-corrected chi connectivity index (χ3v) is 5.43. The zero-order valence-electron chi connectivity index (χ0n) is 16.3. The molecular weight excluding hydrogens is 410 g/mol. The lowest BCUT2D eigenvalue weighted by Gasteiger charge is -2.20. The van der Waals surface area contributed by atoms with Crippen LogP contribution in [0.2, 0.25) is 0 Å². The monoisotopic (exact) mass is 431 g/mol. The second-order valence-electron chi connectivity index (χ2n) is 6.32. The fourth-order valence-electron chi connectivity index (χ4n) is 2.91. The highest BCUT2D eigenvalue weighted by molar-refractivity contribution is 8.27. The number of amides is 2. The highest BCUT2D eigenvalue weighted by Gasteiger charge is 2.34. The van der Waals surface area contributed by atoms with Crippen LogP contribution in [0.15, 0.2) is 35.2 Å². The van der Waals surface area contributed by atoms with Crippen molar-refractivity contribution in [3.05, 3.63) is 52.2 Å². The molecule has 7 nitrogen and oxygen atoms in total. The number of hydrogen-bond acceptors (Lipinski definition) is 6. The Balaban J connectivity index is 1.90. The lowest BCUT2D eigenvalue weighted by atomic mass is 10.2. The van der Waals surface area contributed by atoms with E-state index < -0.39 is 5.91 Å². The number of nitrogens with zero attached hydrogens (tertiary/aromatic N) is 2. The normalized spacial score (nSPS) is 15.3. The van der Waals surface area contributed by atoms with E-state index in [1.807, 2.05) is 37.6 Å². The minimum Gasteiger partial charge on any atom is -0.490 e. The lowest BCUT2D eigenvalue weighted by Crippen LogP contribution is -2.39. The van der Waals surface area contributed by atoms with E-state index in [9.17, 15) is 9.59 Å². The Kier molecular flexibility index (Phi) is 6.29. The van der Waals surface area contributed by atoms with Gasteiger partial charge >= 0.3 is 0 Å². The summed E-state index contributed by atoms with van der Waals surface area (Å²) in [6, 6.07) is 9.09. The molecule has 0 aliphatic carbocycles. The van der Waals surface area contributed by atoms with Crippen molar-refractivity contribution in [3.8, 4) is 11.5 Å². The molecule has 1 aliphatic heterocycles. The van der Waals surface area contributed by atoms with E-state index in [2.05, 4.69) is 0 Å². The van der Waals surface area contributed by atoms with Crippen LogP contribution >= 0.6 is 24.0 Å². The van der Waals surface area contributed by atoms with Crippen molar-refractivity contribution in [3.63, 3.8) is 0 Å². The van der Waals surface area contributed by atoms with Crippen molar-refractivity contribution in [2.24, 2.45) is 5.73 Å². The molecular formula is C20H21N3O4S2. The van der Waals surface area contributed by atoms with Gasteiger partial charge in [-0.25, -0.2) is 0 Å². The number of aromatic nitrogens is 1. The van der Waals surface area contributed by atoms with Crippen molar-refractivity contribution < 1.29 is 19.1 Å². The molecule has 3 rings (SSSR count). The van der Waals surface area contributed by atoms with Gasteiger partial charge in [0.05, 0.1) is 11.5 Å². The number of thiocarbonyl (C=S) groups is 1. The highest BCUT2D eigenvalue weighted by Crippen LogP contribution is 2.35. The number of carbonyl (C=O) groups excluding carboxylic acids is 2. The smallest absolute Gasteiger partial charge is 0.285 e. The number of thioether (sulfide) groups is 1. The molecule has 1 aliphatic rings. The van der Waals surface area contributed by atoms with Gasteiger partial charge < -0.3 is 15.2 Å². The van der Waals surface area contributed by atoms with Gasteiger partial charge in [0.2, 0.25) is 0 Å². The van der Waals surface area contributed by atoms with Crippen LogP contribution in [-0.4, -0.2) is 34.0 Å². The first-order valence-corrected chi connectivity index (χ1v) is 10.2. The molecule has 0 unspecified atom stereocenters. The van der Waals surface area contributed by atoms with Crippen LogP contribution in [0.4, 0.5) is 0 Å². The number of hydrogen-bond donors (Lipinski definition) is 1. The Morgan fingerprint density at radius 2 is 1.86 bits per heavy atom. The Morgan fingerprint density at radius 3 is 2.48 bits per heavy atom. The molecule has 2 N–H and O–H groups in total. The maximum atomic E-state index is 13.0. The van der Waals surface area contributed by atoms with E-state index in [0.717, 1.165) is 17.0 Å². The largest absolute Gasteiger partial charge is 0.490 e. The van der Waals surface area contributed by atoms with E-state index in [1.54, 1.807) is 24.3 Å². The summed E-state index contributed by atoms with van der Waals surface area (Å²) in [5.74, 6) is 0.120. The van der Waals surface area contributed by atoms with E-state index in [0.29, 0.717) is 27.3 Å².